The molecule has 0 spiro atoms. The van der Waals surface area contributed by atoms with Gasteiger partial charge in [0, 0.05) is 10.2 Å². The zero-order valence-corrected chi connectivity index (χ0v) is 16.0. The summed E-state index contributed by atoms with van der Waals surface area (Å²) in [5.74, 6) is -0.283. The van der Waals surface area contributed by atoms with Gasteiger partial charge in [-0.3, -0.25) is 9.59 Å². The lowest BCUT2D eigenvalue weighted by Crippen LogP contribution is -2.21. The third kappa shape index (κ3) is 6.35. The van der Waals surface area contributed by atoms with E-state index in [1.807, 2.05) is 48.5 Å². The van der Waals surface area contributed by atoms with Gasteiger partial charge in [-0.25, -0.2) is 0 Å². The Hall–Kier alpha value is -2.14. The van der Waals surface area contributed by atoms with Gasteiger partial charge >= 0.3 is 5.97 Å². The van der Waals surface area contributed by atoms with Crippen molar-refractivity contribution in [2.24, 2.45) is 0 Å². The summed E-state index contributed by atoms with van der Waals surface area (Å²) >= 11 is 3.34. The molecule has 0 aliphatic rings. The summed E-state index contributed by atoms with van der Waals surface area (Å²) in [6.45, 7) is 4.02. The summed E-state index contributed by atoms with van der Waals surface area (Å²) in [5, 5.41) is 2.73. The van der Waals surface area contributed by atoms with Gasteiger partial charge in [0.05, 0.1) is 6.42 Å². The number of anilines is 1. The van der Waals surface area contributed by atoms with E-state index in [2.05, 4.69) is 35.1 Å². The second kappa shape index (κ2) is 9.37. The fourth-order valence-electron chi connectivity index (χ4n) is 2.29. The lowest BCUT2D eigenvalue weighted by molar-refractivity contribution is -0.146. The van der Waals surface area contributed by atoms with Crippen LogP contribution >= 0.6 is 15.9 Å². The number of halogens is 1. The number of benzene rings is 2. The van der Waals surface area contributed by atoms with E-state index in [9.17, 15) is 9.59 Å². The number of ether oxygens (including phenoxy) is 1. The van der Waals surface area contributed by atoms with E-state index in [-0.39, 0.29) is 18.9 Å². The van der Waals surface area contributed by atoms with Crippen molar-refractivity contribution in [2.45, 2.75) is 32.6 Å². The Balaban J connectivity index is 1.78. The summed E-state index contributed by atoms with van der Waals surface area (Å²) in [7, 11) is 0. The van der Waals surface area contributed by atoms with Crippen molar-refractivity contribution >= 4 is 33.5 Å². The number of carbonyl (C=O) groups is 2. The van der Waals surface area contributed by atoms with Crippen LogP contribution in [0.2, 0.25) is 0 Å². The largest absolute Gasteiger partial charge is 0.455 e. The number of amides is 1. The van der Waals surface area contributed by atoms with Crippen LogP contribution in [0.25, 0.3) is 0 Å². The summed E-state index contributed by atoms with van der Waals surface area (Å²) in [5.41, 5.74) is 2.77. The van der Waals surface area contributed by atoms with Crippen LogP contribution in [-0.2, 0) is 20.7 Å². The summed E-state index contributed by atoms with van der Waals surface area (Å²) < 4.78 is 5.97. The first kappa shape index (κ1) is 19.2. The molecule has 2 aromatic rings. The van der Waals surface area contributed by atoms with E-state index >= 15 is 0 Å². The van der Waals surface area contributed by atoms with Gasteiger partial charge < -0.3 is 10.1 Å². The number of esters is 1. The summed E-state index contributed by atoms with van der Waals surface area (Å²) in [6, 6.07) is 15.1. The molecular weight excluding hydrogens is 382 g/mol. The highest BCUT2D eigenvalue weighted by Gasteiger charge is 2.09. The molecule has 25 heavy (non-hydrogen) atoms. The van der Waals surface area contributed by atoms with Gasteiger partial charge in [-0.15, -0.1) is 0 Å². The van der Waals surface area contributed by atoms with Gasteiger partial charge in [0.2, 0.25) is 0 Å². The molecule has 0 bridgehead atoms. The third-order valence-corrected chi connectivity index (χ3v) is 4.53. The van der Waals surface area contributed by atoms with Gasteiger partial charge in [0.1, 0.15) is 0 Å². The van der Waals surface area contributed by atoms with Crippen LogP contribution in [0.3, 0.4) is 0 Å². The molecule has 0 aromatic heterocycles. The first-order chi connectivity index (χ1) is 12.0. The fourth-order valence-corrected chi connectivity index (χ4v) is 2.56. The average molecular weight is 404 g/mol. The highest BCUT2D eigenvalue weighted by molar-refractivity contribution is 9.10. The molecule has 0 fully saturated rings. The second-order valence-electron chi connectivity index (χ2n) is 5.94. The Bertz CT molecular complexity index is 711. The predicted octanol–water partition coefficient (Wildman–Crippen LogP) is 4.69. The third-order valence-electron chi connectivity index (χ3n) is 4.00. The first-order valence-corrected chi connectivity index (χ1v) is 9.07. The van der Waals surface area contributed by atoms with Crippen molar-refractivity contribution in [3.05, 3.63) is 64.1 Å². The molecule has 0 saturated carbocycles. The SMILES string of the molecule is CC[C@@H](C)c1ccc(NC(=O)COC(=O)Cc2ccc(Br)cc2)cc1. The Morgan fingerprint density at radius 1 is 1.08 bits per heavy atom. The van der Waals surface area contributed by atoms with Crippen LogP contribution in [-0.4, -0.2) is 18.5 Å². The highest BCUT2D eigenvalue weighted by atomic mass is 79.9. The monoisotopic (exact) mass is 403 g/mol. The minimum absolute atomic E-state index is 0.143. The molecule has 0 heterocycles. The molecule has 5 heteroatoms. The summed E-state index contributed by atoms with van der Waals surface area (Å²) in [4.78, 5) is 23.7. The first-order valence-electron chi connectivity index (χ1n) is 8.27. The molecule has 0 radical (unpaired) electrons. The second-order valence-corrected chi connectivity index (χ2v) is 6.86. The molecule has 0 saturated heterocycles. The smallest absolute Gasteiger partial charge is 0.310 e. The van der Waals surface area contributed by atoms with E-state index < -0.39 is 5.97 Å². The molecule has 0 aliphatic carbocycles. The van der Waals surface area contributed by atoms with Crippen molar-refractivity contribution in [1.29, 1.82) is 0 Å². The number of nitrogens with one attached hydrogen (secondary N) is 1. The minimum Gasteiger partial charge on any atom is -0.455 e. The van der Waals surface area contributed by atoms with Crippen LogP contribution < -0.4 is 5.32 Å². The lowest BCUT2D eigenvalue weighted by atomic mass is 9.99. The zero-order chi connectivity index (χ0) is 18.2. The molecule has 1 amide bonds. The predicted molar refractivity (Wildman–Crippen MR) is 103 cm³/mol. The minimum atomic E-state index is -0.426. The number of hydrogen-bond acceptors (Lipinski definition) is 3. The molecule has 0 unspecified atom stereocenters. The molecule has 0 aliphatic heterocycles. The van der Waals surface area contributed by atoms with Gasteiger partial charge in [-0.05, 0) is 47.7 Å². The number of hydrogen-bond donors (Lipinski definition) is 1. The average Bonchev–Trinajstić information content (AvgIpc) is 2.62. The molecule has 2 rings (SSSR count). The van der Waals surface area contributed by atoms with Gasteiger partial charge in [0.15, 0.2) is 6.61 Å². The maximum absolute atomic E-state index is 11.9. The van der Waals surface area contributed by atoms with Gasteiger partial charge in [-0.1, -0.05) is 54.0 Å². The summed E-state index contributed by atoms with van der Waals surface area (Å²) in [6.07, 6.45) is 1.21. The molecule has 132 valence electrons. The van der Waals surface area contributed by atoms with Crippen LogP contribution in [0.5, 0.6) is 0 Å². The number of carbonyl (C=O) groups excluding carboxylic acids is 2. The molecular formula is C20H22BrNO3. The van der Waals surface area contributed by atoms with Crippen LogP contribution in [0, 0.1) is 0 Å². The van der Waals surface area contributed by atoms with Gasteiger partial charge in [0.25, 0.3) is 5.91 Å². The Kier molecular flexibility index (Phi) is 7.19. The Morgan fingerprint density at radius 2 is 1.72 bits per heavy atom. The normalized spacial score (nSPS) is 11.6. The van der Waals surface area contributed by atoms with E-state index in [0.717, 1.165) is 16.5 Å². The Labute approximate surface area is 156 Å². The van der Waals surface area contributed by atoms with E-state index in [4.69, 9.17) is 4.74 Å². The lowest BCUT2D eigenvalue weighted by Gasteiger charge is -2.10. The standard InChI is InChI=1S/C20H22BrNO3/c1-3-14(2)16-6-10-18(11-7-16)22-19(23)13-25-20(24)12-15-4-8-17(21)9-5-15/h4-11,14H,3,12-13H2,1-2H3,(H,22,23)/t14-/m1/s1. The van der Waals surface area contributed by atoms with E-state index in [1.165, 1.54) is 5.56 Å². The topological polar surface area (TPSA) is 55.4 Å². The molecule has 1 atom stereocenters. The van der Waals surface area contributed by atoms with E-state index in [0.29, 0.717) is 11.6 Å². The van der Waals surface area contributed by atoms with Crippen LogP contribution in [0.1, 0.15) is 37.3 Å². The van der Waals surface area contributed by atoms with Gasteiger partial charge in [-0.2, -0.15) is 0 Å². The van der Waals surface area contributed by atoms with E-state index in [1.54, 1.807) is 0 Å². The van der Waals surface area contributed by atoms with Crippen molar-refractivity contribution in [3.8, 4) is 0 Å². The van der Waals surface area contributed by atoms with Crippen molar-refractivity contribution in [2.75, 3.05) is 11.9 Å². The maximum atomic E-state index is 11.9. The zero-order valence-electron chi connectivity index (χ0n) is 14.4. The van der Waals surface area contributed by atoms with Crippen molar-refractivity contribution in [3.63, 3.8) is 0 Å². The number of rotatable bonds is 7. The molecule has 1 N–H and O–H groups in total. The fraction of sp³-hybridized carbons (Fsp3) is 0.300. The quantitative estimate of drug-likeness (QED) is 0.682. The highest BCUT2D eigenvalue weighted by Crippen LogP contribution is 2.20. The van der Waals surface area contributed by atoms with Crippen molar-refractivity contribution in [1.82, 2.24) is 0 Å². The Morgan fingerprint density at radius 3 is 2.32 bits per heavy atom. The molecule has 2 aromatic carbocycles. The maximum Gasteiger partial charge on any atom is 0.310 e. The molecule has 4 nitrogen and oxygen atoms in total. The van der Waals surface area contributed by atoms with Crippen molar-refractivity contribution < 1.29 is 14.3 Å². The van der Waals surface area contributed by atoms with Crippen LogP contribution in [0.4, 0.5) is 5.69 Å². The van der Waals surface area contributed by atoms with Crippen LogP contribution in [0.15, 0.2) is 53.0 Å².